The van der Waals surface area contributed by atoms with Gasteiger partial charge in [-0.3, -0.25) is 0 Å². The summed E-state index contributed by atoms with van der Waals surface area (Å²) < 4.78 is 5.73. The van der Waals surface area contributed by atoms with Crippen molar-refractivity contribution < 1.29 is 4.42 Å². The Morgan fingerprint density at radius 3 is 3.00 bits per heavy atom. The standard InChI is InChI=1S/C15H20O/c1-10-8-13-9-15(3,11(10)2)6-4-12-5-7-16-14(12)13/h5,7,13H,4,6,8-9H2,1-3H3/t13-,15-/m0/s1. The largest absolute Gasteiger partial charge is 0.469 e. The molecule has 1 aromatic heterocycles. The lowest BCUT2D eigenvalue weighted by Crippen LogP contribution is -2.25. The maximum Gasteiger partial charge on any atom is 0.110 e. The van der Waals surface area contributed by atoms with Crippen molar-refractivity contribution in [2.75, 3.05) is 0 Å². The monoisotopic (exact) mass is 216 g/mol. The van der Waals surface area contributed by atoms with E-state index >= 15 is 0 Å². The molecule has 2 aliphatic rings. The van der Waals surface area contributed by atoms with E-state index < -0.39 is 0 Å². The van der Waals surface area contributed by atoms with Crippen LogP contribution in [0.25, 0.3) is 0 Å². The molecule has 16 heavy (non-hydrogen) atoms. The zero-order valence-electron chi connectivity index (χ0n) is 10.5. The van der Waals surface area contributed by atoms with E-state index in [1.807, 2.05) is 6.26 Å². The molecule has 2 atom stereocenters. The highest BCUT2D eigenvalue weighted by Crippen LogP contribution is 2.52. The Kier molecular flexibility index (Phi) is 2.07. The summed E-state index contributed by atoms with van der Waals surface area (Å²) in [5.74, 6) is 1.90. The topological polar surface area (TPSA) is 13.1 Å². The number of hydrogen-bond donors (Lipinski definition) is 0. The third-order valence-electron chi connectivity index (χ3n) is 4.89. The second kappa shape index (κ2) is 3.26. The van der Waals surface area contributed by atoms with Gasteiger partial charge in [-0.25, -0.2) is 0 Å². The van der Waals surface area contributed by atoms with Crippen molar-refractivity contribution >= 4 is 0 Å². The average Bonchev–Trinajstić information content (AvgIpc) is 2.67. The fraction of sp³-hybridized carbons (Fsp3) is 0.600. The molecule has 0 unspecified atom stereocenters. The third kappa shape index (κ3) is 1.30. The zero-order valence-corrected chi connectivity index (χ0v) is 10.5. The molecule has 1 heterocycles. The van der Waals surface area contributed by atoms with Crippen LogP contribution in [0, 0.1) is 5.41 Å². The van der Waals surface area contributed by atoms with Crippen LogP contribution in [-0.4, -0.2) is 0 Å². The predicted octanol–water partition coefficient (Wildman–Crippen LogP) is 4.45. The summed E-state index contributed by atoms with van der Waals surface area (Å²) in [6.45, 7) is 7.07. The van der Waals surface area contributed by atoms with Crippen molar-refractivity contribution in [3.05, 3.63) is 34.8 Å². The highest BCUT2D eigenvalue weighted by molar-refractivity contribution is 5.33. The van der Waals surface area contributed by atoms with Crippen LogP contribution in [0.4, 0.5) is 0 Å². The van der Waals surface area contributed by atoms with Gasteiger partial charge < -0.3 is 4.42 Å². The first-order valence-electron chi connectivity index (χ1n) is 6.33. The summed E-state index contributed by atoms with van der Waals surface area (Å²) in [7, 11) is 0. The minimum absolute atomic E-state index is 0.411. The van der Waals surface area contributed by atoms with Gasteiger partial charge in [0.25, 0.3) is 0 Å². The van der Waals surface area contributed by atoms with Crippen molar-refractivity contribution in [3.63, 3.8) is 0 Å². The first kappa shape index (κ1) is 10.2. The lowest BCUT2D eigenvalue weighted by molar-refractivity contribution is 0.278. The van der Waals surface area contributed by atoms with Crippen LogP contribution in [0.2, 0.25) is 0 Å². The molecule has 1 nitrogen and oxygen atoms in total. The zero-order chi connectivity index (χ0) is 11.3. The van der Waals surface area contributed by atoms with E-state index in [4.69, 9.17) is 4.42 Å². The number of fused-ring (bicyclic) bond motifs is 4. The molecule has 0 saturated carbocycles. The number of hydrogen-bond acceptors (Lipinski definition) is 1. The van der Waals surface area contributed by atoms with Gasteiger partial charge in [-0.05, 0) is 56.6 Å². The van der Waals surface area contributed by atoms with E-state index in [-0.39, 0.29) is 0 Å². The molecule has 0 aromatic carbocycles. The fourth-order valence-electron chi connectivity index (χ4n) is 3.60. The molecule has 0 fully saturated rings. The Morgan fingerprint density at radius 2 is 2.19 bits per heavy atom. The molecule has 3 rings (SSSR count). The Balaban J connectivity index is 2.10. The second-order valence-corrected chi connectivity index (χ2v) is 5.88. The first-order chi connectivity index (χ1) is 7.60. The molecular weight excluding hydrogens is 196 g/mol. The van der Waals surface area contributed by atoms with Gasteiger partial charge in [0.1, 0.15) is 5.76 Å². The summed E-state index contributed by atoms with van der Waals surface area (Å²) in [5, 5.41) is 0. The smallest absolute Gasteiger partial charge is 0.110 e. The van der Waals surface area contributed by atoms with Gasteiger partial charge in [0.15, 0.2) is 0 Å². The van der Waals surface area contributed by atoms with Crippen LogP contribution in [0.1, 0.15) is 57.3 Å². The average molecular weight is 216 g/mol. The quantitative estimate of drug-likeness (QED) is 0.584. The molecule has 0 amide bonds. The summed E-state index contributed by atoms with van der Waals surface area (Å²) in [6, 6.07) is 2.17. The van der Waals surface area contributed by atoms with Crippen LogP contribution in [0.3, 0.4) is 0 Å². The molecule has 0 N–H and O–H groups in total. The Labute approximate surface area is 97.5 Å². The van der Waals surface area contributed by atoms with Crippen molar-refractivity contribution in [2.45, 2.75) is 52.4 Å². The van der Waals surface area contributed by atoms with E-state index in [0.29, 0.717) is 11.3 Å². The number of rotatable bonds is 0. The number of allylic oxidation sites excluding steroid dienone is 2. The molecule has 1 heteroatoms. The number of furan rings is 1. The lowest BCUT2D eigenvalue weighted by Gasteiger charge is -2.38. The van der Waals surface area contributed by atoms with Crippen LogP contribution in [-0.2, 0) is 6.42 Å². The van der Waals surface area contributed by atoms with Gasteiger partial charge in [0.05, 0.1) is 6.26 Å². The Hall–Kier alpha value is -0.980. The van der Waals surface area contributed by atoms with E-state index in [9.17, 15) is 0 Å². The van der Waals surface area contributed by atoms with Crippen LogP contribution in [0.15, 0.2) is 27.9 Å². The van der Waals surface area contributed by atoms with Crippen LogP contribution < -0.4 is 0 Å². The highest BCUT2D eigenvalue weighted by Gasteiger charge is 2.39. The summed E-state index contributed by atoms with van der Waals surface area (Å²) in [5.41, 5.74) is 5.09. The molecular formula is C15H20O. The minimum Gasteiger partial charge on any atom is -0.469 e. The summed E-state index contributed by atoms with van der Waals surface area (Å²) in [4.78, 5) is 0. The summed E-state index contributed by atoms with van der Waals surface area (Å²) >= 11 is 0. The van der Waals surface area contributed by atoms with E-state index in [1.165, 1.54) is 37.0 Å². The molecule has 2 bridgehead atoms. The summed E-state index contributed by atoms with van der Waals surface area (Å²) in [6.07, 6.45) is 6.80. The molecule has 0 aliphatic heterocycles. The SMILES string of the molecule is CC1=C(C)[C@@]2(C)CCc3ccoc3[C@@H](C1)C2. The van der Waals surface area contributed by atoms with Gasteiger partial charge >= 0.3 is 0 Å². The highest BCUT2D eigenvalue weighted by atomic mass is 16.3. The molecule has 2 aliphatic carbocycles. The predicted molar refractivity (Wildman–Crippen MR) is 65.5 cm³/mol. The van der Waals surface area contributed by atoms with Crippen molar-refractivity contribution in [1.82, 2.24) is 0 Å². The van der Waals surface area contributed by atoms with Gasteiger partial charge in [0.2, 0.25) is 0 Å². The van der Waals surface area contributed by atoms with Gasteiger partial charge in [0, 0.05) is 5.92 Å². The second-order valence-electron chi connectivity index (χ2n) is 5.88. The van der Waals surface area contributed by atoms with Gasteiger partial charge in [-0.1, -0.05) is 18.1 Å². The van der Waals surface area contributed by atoms with Crippen LogP contribution >= 0.6 is 0 Å². The normalized spacial score (nSPS) is 33.6. The Morgan fingerprint density at radius 1 is 1.38 bits per heavy atom. The van der Waals surface area contributed by atoms with Crippen molar-refractivity contribution in [1.29, 1.82) is 0 Å². The van der Waals surface area contributed by atoms with E-state index in [0.717, 1.165) is 0 Å². The van der Waals surface area contributed by atoms with E-state index in [1.54, 1.807) is 11.1 Å². The molecule has 0 spiro atoms. The molecule has 0 radical (unpaired) electrons. The first-order valence-corrected chi connectivity index (χ1v) is 6.33. The third-order valence-corrected chi connectivity index (χ3v) is 4.89. The number of aryl methyl sites for hydroxylation is 1. The maximum atomic E-state index is 5.73. The van der Waals surface area contributed by atoms with E-state index in [2.05, 4.69) is 26.8 Å². The molecule has 0 saturated heterocycles. The molecule has 86 valence electrons. The lowest BCUT2D eigenvalue weighted by atomic mass is 9.67. The molecule has 1 aromatic rings. The minimum atomic E-state index is 0.411. The van der Waals surface area contributed by atoms with Crippen molar-refractivity contribution in [2.24, 2.45) is 5.41 Å². The maximum absolute atomic E-state index is 5.73. The van der Waals surface area contributed by atoms with Crippen LogP contribution in [0.5, 0.6) is 0 Å². The van der Waals surface area contributed by atoms with Gasteiger partial charge in [-0.15, -0.1) is 0 Å². The van der Waals surface area contributed by atoms with Crippen molar-refractivity contribution in [3.8, 4) is 0 Å². The Bertz CT molecular complexity index is 452. The fourth-order valence-corrected chi connectivity index (χ4v) is 3.60. The van der Waals surface area contributed by atoms with Gasteiger partial charge in [-0.2, -0.15) is 0 Å².